The number of rotatable bonds is 10. The smallest absolute Gasteiger partial charge is 0.204 e. The van der Waals surface area contributed by atoms with Gasteiger partial charge in [-0.25, -0.2) is 13.2 Å². The normalized spacial score (nSPS) is 17.2. The first kappa shape index (κ1) is 28.6. The van der Waals surface area contributed by atoms with Crippen LogP contribution in [0, 0.1) is 34.9 Å². The molecule has 0 aromatic heterocycles. The predicted octanol–water partition coefficient (Wildman–Crippen LogP) is 8.73. The van der Waals surface area contributed by atoms with E-state index in [1.165, 1.54) is 36.4 Å². The van der Waals surface area contributed by atoms with Crippen LogP contribution in [0.15, 0.2) is 36.4 Å². The second-order valence-electron chi connectivity index (χ2n) is 9.53. The number of ether oxygens (including phenoxy) is 3. The van der Waals surface area contributed by atoms with Crippen molar-refractivity contribution in [3.05, 3.63) is 88.0 Å². The summed E-state index contributed by atoms with van der Waals surface area (Å²) in [5, 5.41) is 0. The van der Waals surface area contributed by atoms with E-state index in [9.17, 15) is 22.0 Å². The highest BCUT2D eigenvalue weighted by molar-refractivity contribution is 5.36. The molecule has 0 heterocycles. The average Bonchev–Trinajstić information content (AvgIpc) is 2.94. The molecule has 0 spiro atoms. The zero-order valence-corrected chi connectivity index (χ0v) is 21.8. The van der Waals surface area contributed by atoms with Gasteiger partial charge < -0.3 is 14.2 Å². The first-order valence-electron chi connectivity index (χ1n) is 13.1. The molecule has 3 nitrogen and oxygen atoms in total. The van der Waals surface area contributed by atoms with Gasteiger partial charge in [-0.3, -0.25) is 0 Å². The Hall–Kier alpha value is -3.36. The Bertz CT molecular complexity index is 1300. The summed E-state index contributed by atoms with van der Waals surface area (Å²) in [7, 11) is 0. The SMILES string of the molecule is CCCOc1ccc(OCc2ccc(C3CCC(c4ccc(OCC)c(F)c4F)CC3)c(F)c2F)c(F)c1F. The third-order valence-electron chi connectivity index (χ3n) is 7.03. The van der Waals surface area contributed by atoms with Crippen LogP contribution in [0.5, 0.6) is 17.2 Å². The van der Waals surface area contributed by atoms with Crippen molar-refractivity contribution in [2.24, 2.45) is 0 Å². The van der Waals surface area contributed by atoms with Gasteiger partial charge in [0.1, 0.15) is 6.61 Å². The van der Waals surface area contributed by atoms with Gasteiger partial charge in [-0.05, 0) is 80.2 Å². The molecule has 0 bridgehead atoms. The van der Waals surface area contributed by atoms with Crippen molar-refractivity contribution < 1.29 is 40.6 Å². The van der Waals surface area contributed by atoms with Crippen LogP contribution in [0.2, 0.25) is 0 Å². The van der Waals surface area contributed by atoms with Gasteiger partial charge in [0.05, 0.1) is 13.2 Å². The highest BCUT2D eigenvalue weighted by atomic mass is 19.2. The third kappa shape index (κ3) is 6.12. The van der Waals surface area contributed by atoms with E-state index in [0.717, 1.165) is 0 Å². The van der Waals surface area contributed by atoms with E-state index in [2.05, 4.69) is 0 Å². The van der Waals surface area contributed by atoms with Gasteiger partial charge in [0.15, 0.2) is 34.7 Å². The monoisotopic (exact) mass is 552 g/mol. The van der Waals surface area contributed by atoms with E-state index < -0.39 is 47.3 Å². The second-order valence-corrected chi connectivity index (χ2v) is 9.53. The molecule has 1 saturated carbocycles. The molecule has 1 fully saturated rings. The fraction of sp³-hybridized carbons (Fsp3) is 0.400. The van der Waals surface area contributed by atoms with E-state index in [4.69, 9.17) is 14.2 Å². The summed E-state index contributed by atoms with van der Waals surface area (Å²) >= 11 is 0. The first-order valence-corrected chi connectivity index (χ1v) is 13.1. The zero-order valence-electron chi connectivity index (χ0n) is 21.8. The Balaban J connectivity index is 1.41. The fourth-order valence-electron chi connectivity index (χ4n) is 4.98. The van der Waals surface area contributed by atoms with Gasteiger partial charge in [0.25, 0.3) is 0 Å². The molecule has 0 radical (unpaired) electrons. The molecule has 0 saturated heterocycles. The molecule has 9 heteroatoms. The van der Waals surface area contributed by atoms with Gasteiger partial charge in [-0.1, -0.05) is 25.1 Å². The largest absolute Gasteiger partial charge is 0.491 e. The lowest BCUT2D eigenvalue weighted by molar-refractivity contribution is 0.265. The van der Waals surface area contributed by atoms with Crippen molar-refractivity contribution in [1.29, 1.82) is 0 Å². The first-order chi connectivity index (χ1) is 18.8. The molecule has 3 aromatic carbocycles. The maximum Gasteiger partial charge on any atom is 0.204 e. The Morgan fingerprint density at radius 3 is 1.59 bits per heavy atom. The lowest BCUT2D eigenvalue weighted by Gasteiger charge is -2.30. The van der Waals surface area contributed by atoms with Crippen LogP contribution < -0.4 is 14.2 Å². The van der Waals surface area contributed by atoms with Gasteiger partial charge >= 0.3 is 0 Å². The molecule has 0 unspecified atom stereocenters. The van der Waals surface area contributed by atoms with Crippen LogP contribution in [0.4, 0.5) is 26.3 Å². The summed E-state index contributed by atoms with van der Waals surface area (Å²) < 4.78 is 103. The van der Waals surface area contributed by atoms with E-state index in [0.29, 0.717) is 32.1 Å². The summed E-state index contributed by atoms with van der Waals surface area (Å²) in [5.74, 6) is -8.01. The van der Waals surface area contributed by atoms with Crippen LogP contribution in [-0.4, -0.2) is 13.2 Å². The lowest BCUT2D eigenvalue weighted by atomic mass is 9.75. The third-order valence-corrected chi connectivity index (χ3v) is 7.03. The van der Waals surface area contributed by atoms with Gasteiger partial charge in [-0.2, -0.15) is 13.2 Å². The van der Waals surface area contributed by atoms with E-state index >= 15 is 4.39 Å². The molecule has 0 atom stereocenters. The van der Waals surface area contributed by atoms with Crippen LogP contribution >= 0.6 is 0 Å². The summed E-state index contributed by atoms with van der Waals surface area (Å²) in [6, 6.07) is 8.13. The van der Waals surface area contributed by atoms with Crippen LogP contribution in [-0.2, 0) is 6.61 Å². The lowest BCUT2D eigenvalue weighted by Crippen LogP contribution is -2.16. The van der Waals surface area contributed by atoms with Crippen molar-refractivity contribution in [2.75, 3.05) is 13.2 Å². The maximum atomic E-state index is 15.0. The van der Waals surface area contributed by atoms with Crippen molar-refractivity contribution in [1.82, 2.24) is 0 Å². The molecule has 4 rings (SSSR count). The van der Waals surface area contributed by atoms with Gasteiger partial charge in [0.2, 0.25) is 17.5 Å². The van der Waals surface area contributed by atoms with Crippen molar-refractivity contribution in [2.45, 2.75) is 64.4 Å². The fourth-order valence-corrected chi connectivity index (χ4v) is 4.98. The number of hydrogen-bond donors (Lipinski definition) is 0. The summed E-state index contributed by atoms with van der Waals surface area (Å²) in [4.78, 5) is 0. The summed E-state index contributed by atoms with van der Waals surface area (Å²) in [5.41, 5.74) is 0.285. The summed E-state index contributed by atoms with van der Waals surface area (Å²) in [6.07, 6.45) is 2.49. The molecule has 1 aliphatic carbocycles. The summed E-state index contributed by atoms with van der Waals surface area (Å²) in [6.45, 7) is 3.42. The van der Waals surface area contributed by atoms with E-state index in [-0.39, 0.29) is 53.2 Å². The standard InChI is InChI=1S/C30H30F6O3/c1-3-15-38-23-13-14-24(30(36)29(23)35)39-16-19-9-10-20(26(32)25(19)31)17-5-7-18(8-6-17)21-11-12-22(37-4-2)28(34)27(21)33/h9-14,17-18H,3-8,15-16H2,1-2H3. The Labute approximate surface area is 223 Å². The Morgan fingerprint density at radius 1 is 0.564 bits per heavy atom. The molecule has 39 heavy (non-hydrogen) atoms. The number of benzene rings is 3. The molecular weight excluding hydrogens is 522 g/mol. The molecule has 0 N–H and O–H groups in total. The number of halogens is 6. The molecule has 0 amide bonds. The minimum absolute atomic E-state index is 0.139. The average molecular weight is 553 g/mol. The van der Waals surface area contributed by atoms with E-state index in [1.807, 2.05) is 6.92 Å². The molecule has 3 aromatic rings. The topological polar surface area (TPSA) is 27.7 Å². The van der Waals surface area contributed by atoms with Crippen molar-refractivity contribution in [3.8, 4) is 17.2 Å². The predicted molar refractivity (Wildman–Crippen MR) is 134 cm³/mol. The van der Waals surface area contributed by atoms with Crippen LogP contribution in [0.25, 0.3) is 0 Å². The zero-order chi connectivity index (χ0) is 28.1. The highest BCUT2D eigenvalue weighted by Crippen LogP contribution is 2.43. The second kappa shape index (κ2) is 12.7. The molecule has 0 aliphatic heterocycles. The molecule has 1 aliphatic rings. The quantitative estimate of drug-likeness (QED) is 0.236. The number of hydrogen-bond acceptors (Lipinski definition) is 3. The van der Waals surface area contributed by atoms with Gasteiger partial charge in [-0.15, -0.1) is 0 Å². The van der Waals surface area contributed by atoms with E-state index in [1.54, 1.807) is 6.92 Å². The van der Waals surface area contributed by atoms with Crippen LogP contribution in [0.1, 0.15) is 74.5 Å². The van der Waals surface area contributed by atoms with Crippen LogP contribution in [0.3, 0.4) is 0 Å². The van der Waals surface area contributed by atoms with Crippen molar-refractivity contribution >= 4 is 0 Å². The highest BCUT2D eigenvalue weighted by Gasteiger charge is 2.30. The Morgan fingerprint density at radius 2 is 1.03 bits per heavy atom. The minimum Gasteiger partial charge on any atom is -0.491 e. The minimum atomic E-state index is -1.28. The maximum absolute atomic E-state index is 15.0. The van der Waals surface area contributed by atoms with Gasteiger partial charge in [0, 0.05) is 5.56 Å². The van der Waals surface area contributed by atoms with Crippen molar-refractivity contribution in [3.63, 3.8) is 0 Å². The molecule has 210 valence electrons. The Kier molecular flexibility index (Phi) is 9.30. The molecular formula is C30H30F6O3.